The summed E-state index contributed by atoms with van der Waals surface area (Å²) in [5.74, 6) is 3.63. The molecule has 0 fully saturated rings. The average Bonchev–Trinajstić information content (AvgIpc) is 2.82. The Labute approximate surface area is 180 Å². The van der Waals surface area contributed by atoms with Gasteiger partial charge >= 0.3 is 0 Å². The molecule has 0 saturated heterocycles. The zero-order valence-electron chi connectivity index (χ0n) is 16.2. The van der Waals surface area contributed by atoms with Crippen LogP contribution in [-0.2, 0) is 5.88 Å². The molecule has 0 radical (unpaired) electrons. The summed E-state index contributed by atoms with van der Waals surface area (Å²) >= 11 is 6.16. The molecule has 0 amide bonds. The Morgan fingerprint density at radius 3 is 1.50 bits per heavy atom. The largest absolute Gasteiger partial charge is 0.456 e. The summed E-state index contributed by atoms with van der Waals surface area (Å²) in [4.78, 5) is 0. The van der Waals surface area contributed by atoms with Crippen LogP contribution >= 0.6 is 11.6 Å². The lowest BCUT2D eigenvalue weighted by atomic mass is 9.99. The van der Waals surface area contributed by atoms with Gasteiger partial charge in [-0.3, -0.25) is 0 Å². The fraction of sp³-hybridized carbons (Fsp3) is 0.0370. The standard InChI is InChI=1S/C27H19ClO2/c28-18-19-15-16-24-25(17-19)27(30-21-11-5-2-6-12-21)23-14-8-7-13-22(23)26(24)29-20-9-3-1-4-10-20/h1-17H,18H2. The fourth-order valence-corrected chi connectivity index (χ4v) is 3.83. The molecule has 5 aromatic carbocycles. The lowest BCUT2D eigenvalue weighted by molar-refractivity contribution is 0.486. The first-order chi connectivity index (χ1) is 14.8. The zero-order chi connectivity index (χ0) is 20.3. The molecule has 0 saturated carbocycles. The van der Waals surface area contributed by atoms with E-state index < -0.39 is 0 Å². The van der Waals surface area contributed by atoms with Crippen molar-refractivity contribution >= 4 is 33.1 Å². The molecule has 0 aliphatic rings. The second kappa shape index (κ2) is 8.10. The van der Waals surface area contributed by atoms with E-state index in [9.17, 15) is 0 Å². The molecule has 0 bridgehead atoms. The number of ether oxygens (including phenoxy) is 2. The van der Waals surface area contributed by atoms with E-state index in [0.29, 0.717) is 5.88 Å². The van der Waals surface area contributed by atoms with Crippen LogP contribution in [0.25, 0.3) is 21.5 Å². The summed E-state index contributed by atoms with van der Waals surface area (Å²) in [5.41, 5.74) is 1.03. The second-order valence-corrected chi connectivity index (χ2v) is 7.31. The highest BCUT2D eigenvalue weighted by molar-refractivity contribution is 6.17. The SMILES string of the molecule is ClCc1ccc2c(Oc3ccccc3)c3ccccc3c(Oc3ccccc3)c2c1. The summed E-state index contributed by atoms with van der Waals surface area (Å²) in [6.45, 7) is 0. The van der Waals surface area contributed by atoms with E-state index in [1.54, 1.807) is 0 Å². The van der Waals surface area contributed by atoms with Crippen molar-refractivity contribution in [3.63, 3.8) is 0 Å². The van der Waals surface area contributed by atoms with Gasteiger partial charge in [0.1, 0.15) is 23.0 Å². The fourth-order valence-electron chi connectivity index (χ4n) is 3.66. The molecule has 30 heavy (non-hydrogen) atoms. The van der Waals surface area contributed by atoms with Crippen LogP contribution in [0.5, 0.6) is 23.0 Å². The van der Waals surface area contributed by atoms with Crippen LogP contribution in [0.1, 0.15) is 5.56 Å². The lowest BCUT2D eigenvalue weighted by Gasteiger charge is -2.18. The van der Waals surface area contributed by atoms with Crippen LogP contribution in [0.2, 0.25) is 0 Å². The van der Waals surface area contributed by atoms with Gasteiger partial charge in [-0.15, -0.1) is 11.6 Å². The molecule has 0 unspecified atom stereocenters. The summed E-state index contributed by atoms with van der Waals surface area (Å²) in [6.07, 6.45) is 0. The van der Waals surface area contributed by atoms with Gasteiger partial charge < -0.3 is 9.47 Å². The van der Waals surface area contributed by atoms with Gasteiger partial charge in [-0.2, -0.15) is 0 Å². The van der Waals surface area contributed by atoms with E-state index >= 15 is 0 Å². The molecule has 0 N–H and O–H groups in total. The number of rotatable bonds is 5. The van der Waals surface area contributed by atoms with Crippen LogP contribution in [0, 0.1) is 0 Å². The normalized spacial score (nSPS) is 11.0. The summed E-state index contributed by atoms with van der Waals surface area (Å²) in [6, 6.07) is 34.0. The van der Waals surface area contributed by atoms with Gasteiger partial charge in [0.15, 0.2) is 0 Å². The Morgan fingerprint density at radius 1 is 0.500 bits per heavy atom. The molecule has 0 aliphatic heterocycles. The van der Waals surface area contributed by atoms with Gasteiger partial charge in [0.25, 0.3) is 0 Å². The zero-order valence-corrected chi connectivity index (χ0v) is 17.0. The van der Waals surface area contributed by atoms with Crippen molar-refractivity contribution in [1.29, 1.82) is 0 Å². The van der Waals surface area contributed by atoms with E-state index in [-0.39, 0.29) is 0 Å². The molecule has 5 aromatic rings. The van der Waals surface area contributed by atoms with Crippen molar-refractivity contribution in [2.75, 3.05) is 0 Å². The molecule has 0 heterocycles. The Bertz CT molecular complexity index is 1310. The number of alkyl halides is 1. The van der Waals surface area contributed by atoms with Crippen molar-refractivity contribution in [3.05, 3.63) is 109 Å². The summed E-state index contributed by atoms with van der Waals surface area (Å²) in [7, 11) is 0. The Kier molecular flexibility index (Phi) is 5.00. The van der Waals surface area contributed by atoms with E-state index in [2.05, 4.69) is 24.3 Å². The highest BCUT2D eigenvalue weighted by Gasteiger charge is 2.17. The van der Waals surface area contributed by atoms with Crippen molar-refractivity contribution in [3.8, 4) is 23.0 Å². The first kappa shape index (κ1) is 18.5. The molecule has 146 valence electrons. The molecule has 0 atom stereocenters. The first-order valence-corrected chi connectivity index (χ1v) is 10.4. The maximum atomic E-state index is 6.41. The molecule has 3 heteroatoms. The second-order valence-electron chi connectivity index (χ2n) is 7.05. The average molecular weight is 411 g/mol. The number of halogens is 1. The third-order valence-corrected chi connectivity index (χ3v) is 5.38. The van der Waals surface area contributed by atoms with Gasteiger partial charge in [0.05, 0.1) is 0 Å². The van der Waals surface area contributed by atoms with Gasteiger partial charge in [-0.05, 0) is 35.9 Å². The maximum Gasteiger partial charge on any atom is 0.143 e. The number of para-hydroxylation sites is 2. The maximum absolute atomic E-state index is 6.41. The Balaban J connectivity index is 1.81. The minimum atomic E-state index is 0.433. The van der Waals surface area contributed by atoms with Crippen molar-refractivity contribution in [2.45, 2.75) is 5.88 Å². The van der Waals surface area contributed by atoms with Crippen molar-refractivity contribution in [1.82, 2.24) is 0 Å². The lowest BCUT2D eigenvalue weighted by Crippen LogP contribution is -1.94. The third-order valence-electron chi connectivity index (χ3n) is 5.07. The topological polar surface area (TPSA) is 18.5 Å². The summed E-state index contributed by atoms with van der Waals surface area (Å²) in [5, 5.41) is 3.95. The van der Waals surface area contributed by atoms with Crippen molar-refractivity contribution < 1.29 is 9.47 Å². The van der Waals surface area contributed by atoms with Crippen molar-refractivity contribution in [2.24, 2.45) is 0 Å². The molecule has 0 aliphatic carbocycles. The molecular formula is C27H19ClO2. The number of hydrogen-bond donors (Lipinski definition) is 0. The Morgan fingerprint density at radius 2 is 0.967 bits per heavy atom. The van der Waals surface area contributed by atoms with E-state index in [4.69, 9.17) is 21.1 Å². The van der Waals surface area contributed by atoms with E-state index in [0.717, 1.165) is 50.1 Å². The quantitative estimate of drug-likeness (QED) is 0.214. The predicted molar refractivity (Wildman–Crippen MR) is 124 cm³/mol. The number of hydrogen-bond acceptors (Lipinski definition) is 2. The minimum Gasteiger partial charge on any atom is -0.456 e. The molecule has 0 aromatic heterocycles. The van der Waals surface area contributed by atoms with E-state index in [1.165, 1.54) is 0 Å². The minimum absolute atomic E-state index is 0.433. The smallest absolute Gasteiger partial charge is 0.143 e. The Hall–Kier alpha value is -3.49. The van der Waals surface area contributed by atoms with Gasteiger partial charge in [-0.25, -0.2) is 0 Å². The van der Waals surface area contributed by atoms with E-state index in [1.807, 2.05) is 78.9 Å². The van der Waals surface area contributed by atoms with Crippen LogP contribution in [0.3, 0.4) is 0 Å². The molecule has 0 spiro atoms. The van der Waals surface area contributed by atoms with Gasteiger partial charge in [-0.1, -0.05) is 72.8 Å². The predicted octanol–water partition coefficient (Wildman–Crippen LogP) is 8.32. The molecule has 5 rings (SSSR count). The van der Waals surface area contributed by atoms with Gasteiger partial charge in [0, 0.05) is 27.4 Å². The van der Waals surface area contributed by atoms with Crippen LogP contribution in [0.4, 0.5) is 0 Å². The van der Waals surface area contributed by atoms with Crippen LogP contribution in [0.15, 0.2) is 103 Å². The monoisotopic (exact) mass is 410 g/mol. The number of fused-ring (bicyclic) bond motifs is 2. The highest BCUT2D eigenvalue weighted by Crippen LogP contribution is 2.46. The highest BCUT2D eigenvalue weighted by atomic mass is 35.5. The number of benzene rings is 5. The summed E-state index contributed by atoms with van der Waals surface area (Å²) < 4.78 is 12.8. The van der Waals surface area contributed by atoms with Gasteiger partial charge in [0.2, 0.25) is 0 Å². The molecule has 2 nitrogen and oxygen atoms in total. The third kappa shape index (κ3) is 3.47. The van der Waals surface area contributed by atoms with Crippen LogP contribution in [-0.4, -0.2) is 0 Å². The first-order valence-electron chi connectivity index (χ1n) is 9.82. The molecular weight excluding hydrogens is 392 g/mol. The van der Waals surface area contributed by atoms with Crippen LogP contribution < -0.4 is 9.47 Å².